The lowest BCUT2D eigenvalue weighted by Gasteiger charge is -2.19. The first-order chi connectivity index (χ1) is 10.3. The standard InChI is InChI=1S/C14H18N2O5S/c1-3-9(2)13(14(18)19)15-12(17)8-22-11-6-4-10(5-7-11)16(20)21/h4-7,9,13H,3,8H2,1-2H3,(H,15,17)(H,18,19)/t9-,13-/m0/s1. The summed E-state index contributed by atoms with van der Waals surface area (Å²) in [5, 5.41) is 22.1. The average Bonchev–Trinajstić information content (AvgIpc) is 2.49. The van der Waals surface area contributed by atoms with Crippen LogP contribution < -0.4 is 5.32 Å². The molecule has 0 bridgehead atoms. The van der Waals surface area contributed by atoms with Crippen LogP contribution in [0.4, 0.5) is 5.69 Å². The number of nitrogens with zero attached hydrogens (tertiary/aromatic N) is 1. The predicted molar refractivity (Wildman–Crippen MR) is 82.8 cm³/mol. The molecule has 0 fully saturated rings. The van der Waals surface area contributed by atoms with Crippen LogP contribution in [0.3, 0.4) is 0 Å². The number of thioether (sulfide) groups is 1. The summed E-state index contributed by atoms with van der Waals surface area (Å²) >= 11 is 1.19. The Labute approximate surface area is 132 Å². The molecule has 0 aliphatic rings. The Morgan fingerprint density at radius 3 is 2.41 bits per heavy atom. The van der Waals surface area contributed by atoms with Gasteiger partial charge in [-0.2, -0.15) is 0 Å². The molecule has 0 heterocycles. The zero-order chi connectivity index (χ0) is 16.7. The van der Waals surface area contributed by atoms with Crippen molar-refractivity contribution >= 4 is 29.3 Å². The molecule has 0 saturated heterocycles. The van der Waals surface area contributed by atoms with E-state index in [2.05, 4.69) is 5.32 Å². The molecule has 0 aliphatic heterocycles. The number of aliphatic carboxylic acids is 1. The minimum Gasteiger partial charge on any atom is -0.480 e. The van der Waals surface area contributed by atoms with Crippen LogP contribution in [-0.4, -0.2) is 33.7 Å². The molecule has 0 spiro atoms. The summed E-state index contributed by atoms with van der Waals surface area (Å²) in [7, 11) is 0. The number of amides is 1. The van der Waals surface area contributed by atoms with Gasteiger partial charge in [0, 0.05) is 17.0 Å². The summed E-state index contributed by atoms with van der Waals surface area (Å²) in [5.41, 5.74) is -0.0171. The Balaban J connectivity index is 2.54. The Bertz CT molecular complexity index is 547. The minimum absolute atomic E-state index is 0.0171. The van der Waals surface area contributed by atoms with Gasteiger partial charge in [0.2, 0.25) is 5.91 Å². The number of nitrogens with one attached hydrogen (secondary N) is 1. The highest BCUT2D eigenvalue weighted by Crippen LogP contribution is 2.21. The zero-order valence-corrected chi connectivity index (χ0v) is 13.1. The molecule has 8 heteroatoms. The number of carboxylic acid groups (broad SMARTS) is 1. The first kappa shape index (κ1) is 18.0. The van der Waals surface area contributed by atoms with Gasteiger partial charge >= 0.3 is 5.97 Å². The average molecular weight is 326 g/mol. The number of nitro groups is 1. The molecule has 2 N–H and O–H groups in total. The summed E-state index contributed by atoms with van der Waals surface area (Å²) in [4.78, 5) is 33.7. The van der Waals surface area contributed by atoms with Crippen LogP contribution in [0, 0.1) is 16.0 Å². The van der Waals surface area contributed by atoms with Crippen molar-refractivity contribution in [1.29, 1.82) is 0 Å². The van der Waals surface area contributed by atoms with E-state index < -0.39 is 16.9 Å². The summed E-state index contributed by atoms with van der Waals surface area (Å²) in [6.07, 6.45) is 0.646. The van der Waals surface area contributed by atoms with Crippen molar-refractivity contribution in [3.05, 3.63) is 34.4 Å². The summed E-state index contributed by atoms with van der Waals surface area (Å²) < 4.78 is 0. The number of hydrogen-bond acceptors (Lipinski definition) is 5. The van der Waals surface area contributed by atoms with Crippen LogP contribution in [0.5, 0.6) is 0 Å². The van der Waals surface area contributed by atoms with E-state index in [1.807, 2.05) is 6.92 Å². The first-order valence-electron chi connectivity index (χ1n) is 6.74. The van der Waals surface area contributed by atoms with Crippen LogP contribution in [-0.2, 0) is 9.59 Å². The van der Waals surface area contributed by atoms with Gasteiger partial charge in [-0.15, -0.1) is 11.8 Å². The van der Waals surface area contributed by atoms with E-state index in [0.717, 1.165) is 0 Å². The molecule has 0 aromatic heterocycles. The van der Waals surface area contributed by atoms with E-state index in [-0.39, 0.29) is 23.3 Å². The van der Waals surface area contributed by atoms with Crippen molar-refractivity contribution in [1.82, 2.24) is 5.32 Å². The highest BCUT2D eigenvalue weighted by Gasteiger charge is 2.25. The molecular weight excluding hydrogens is 308 g/mol. The van der Waals surface area contributed by atoms with Crippen LogP contribution in [0.25, 0.3) is 0 Å². The molecule has 1 rings (SSSR count). The zero-order valence-electron chi connectivity index (χ0n) is 12.3. The summed E-state index contributed by atoms with van der Waals surface area (Å²) in [6, 6.07) is 4.92. The Morgan fingerprint density at radius 1 is 1.36 bits per heavy atom. The van der Waals surface area contributed by atoms with E-state index in [0.29, 0.717) is 11.3 Å². The lowest BCUT2D eigenvalue weighted by molar-refractivity contribution is -0.384. The number of carboxylic acids is 1. The molecule has 1 amide bonds. The van der Waals surface area contributed by atoms with E-state index in [1.54, 1.807) is 19.1 Å². The Morgan fingerprint density at radius 2 is 1.95 bits per heavy atom. The van der Waals surface area contributed by atoms with E-state index in [4.69, 9.17) is 5.11 Å². The fourth-order valence-electron chi connectivity index (χ4n) is 1.71. The van der Waals surface area contributed by atoms with Crippen molar-refractivity contribution in [3.63, 3.8) is 0 Å². The van der Waals surface area contributed by atoms with Crippen molar-refractivity contribution in [3.8, 4) is 0 Å². The van der Waals surface area contributed by atoms with Crippen molar-refractivity contribution in [2.24, 2.45) is 5.92 Å². The van der Waals surface area contributed by atoms with E-state index in [1.165, 1.54) is 23.9 Å². The quantitative estimate of drug-likeness (QED) is 0.431. The number of nitro benzene ring substituents is 1. The number of hydrogen-bond donors (Lipinski definition) is 2. The van der Waals surface area contributed by atoms with E-state index >= 15 is 0 Å². The smallest absolute Gasteiger partial charge is 0.326 e. The predicted octanol–water partition coefficient (Wildman–Crippen LogP) is 2.30. The maximum absolute atomic E-state index is 11.8. The third-order valence-corrected chi connectivity index (χ3v) is 4.23. The highest BCUT2D eigenvalue weighted by atomic mass is 32.2. The van der Waals surface area contributed by atoms with Gasteiger partial charge in [0.25, 0.3) is 5.69 Å². The lowest BCUT2D eigenvalue weighted by Crippen LogP contribution is -2.45. The monoisotopic (exact) mass is 326 g/mol. The number of benzene rings is 1. The SMILES string of the molecule is CC[C@H](C)[C@H](NC(=O)CSc1ccc([N+](=O)[O-])cc1)C(=O)O. The van der Waals surface area contributed by atoms with Gasteiger partial charge in [-0.05, 0) is 18.1 Å². The molecular formula is C14H18N2O5S. The van der Waals surface area contributed by atoms with Gasteiger partial charge in [0.05, 0.1) is 10.7 Å². The van der Waals surface area contributed by atoms with Crippen LogP contribution in [0.1, 0.15) is 20.3 Å². The molecule has 7 nitrogen and oxygen atoms in total. The van der Waals surface area contributed by atoms with Gasteiger partial charge in [0.15, 0.2) is 0 Å². The fraction of sp³-hybridized carbons (Fsp3) is 0.429. The normalized spacial score (nSPS) is 13.2. The second kappa shape index (κ2) is 8.38. The second-order valence-electron chi connectivity index (χ2n) is 4.81. The summed E-state index contributed by atoms with van der Waals surface area (Å²) in [5.74, 6) is -1.54. The molecule has 0 aliphatic carbocycles. The van der Waals surface area contributed by atoms with Crippen molar-refractivity contribution < 1.29 is 19.6 Å². The van der Waals surface area contributed by atoms with Crippen molar-refractivity contribution in [2.75, 3.05) is 5.75 Å². The number of rotatable bonds is 8. The third-order valence-electron chi connectivity index (χ3n) is 3.21. The van der Waals surface area contributed by atoms with Gasteiger partial charge in [-0.1, -0.05) is 20.3 Å². The minimum atomic E-state index is -1.05. The van der Waals surface area contributed by atoms with Crippen molar-refractivity contribution in [2.45, 2.75) is 31.2 Å². The van der Waals surface area contributed by atoms with E-state index in [9.17, 15) is 19.7 Å². The molecule has 0 saturated carbocycles. The highest BCUT2D eigenvalue weighted by molar-refractivity contribution is 8.00. The van der Waals surface area contributed by atoms with Gasteiger partial charge < -0.3 is 10.4 Å². The molecule has 2 atom stereocenters. The molecule has 0 unspecified atom stereocenters. The largest absolute Gasteiger partial charge is 0.480 e. The number of carbonyl (C=O) groups is 2. The first-order valence-corrected chi connectivity index (χ1v) is 7.73. The maximum atomic E-state index is 11.8. The molecule has 1 aromatic carbocycles. The second-order valence-corrected chi connectivity index (χ2v) is 5.86. The molecule has 120 valence electrons. The summed E-state index contributed by atoms with van der Waals surface area (Å²) in [6.45, 7) is 3.63. The maximum Gasteiger partial charge on any atom is 0.326 e. The number of carbonyl (C=O) groups excluding carboxylic acids is 1. The third kappa shape index (κ3) is 5.36. The van der Waals surface area contributed by atoms with Gasteiger partial charge in [0.1, 0.15) is 6.04 Å². The topological polar surface area (TPSA) is 110 Å². The number of non-ortho nitro benzene ring substituents is 1. The lowest BCUT2D eigenvalue weighted by atomic mass is 9.99. The molecule has 0 radical (unpaired) electrons. The van der Waals surface area contributed by atoms with Gasteiger partial charge in [-0.3, -0.25) is 14.9 Å². The molecule has 1 aromatic rings. The Hall–Kier alpha value is -2.09. The fourth-order valence-corrected chi connectivity index (χ4v) is 2.42. The Kier molecular flexibility index (Phi) is 6.84. The van der Waals surface area contributed by atoms with Crippen LogP contribution in [0.2, 0.25) is 0 Å². The van der Waals surface area contributed by atoms with Crippen LogP contribution in [0.15, 0.2) is 29.2 Å². The molecule has 22 heavy (non-hydrogen) atoms. The van der Waals surface area contributed by atoms with Crippen LogP contribution >= 0.6 is 11.8 Å². The van der Waals surface area contributed by atoms with Gasteiger partial charge in [-0.25, -0.2) is 4.79 Å².